The van der Waals surface area contributed by atoms with E-state index < -0.39 is 28.5 Å². The Hall–Kier alpha value is -3.85. The van der Waals surface area contributed by atoms with Gasteiger partial charge in [0.1, 0.15) is 18.3 Å². The fourth-order valence-corrected chi connectivity index (χ4v) is 5.63. The summed E-state index contributed by atoms with van der Waals surface area (Å²) in [6.45, 7) is 7.59. The van der Waals surface area contributed by atoms with E-state index in [-0.39, 0.29) is 17.3 Å². The van der Waals surface area contributed by atoms with Gasteiger partial charge in [0.15, 0.2) is 0 Å². The number of aryl methyl sites for hydroxylation is 2. The quantitative estimate of drug-likeness (QED) is 0.359. The number of methoxy groups -OCH3 is 1. The lowest BCUT2D eigenvalue weighted by molar-refractivity contribution is -0.140. The van der Waals surface area contributed by atoms with Crippen molar-refractivity contribution in [3.8, 4) is 5.75 Å². The first-order valence-corrected chi connectivity index (χ1v) is 14.4. The fraction of sp³-hybridized carbons (Fsp3) is 0.333. The summed E-state index contributed by atoms with van der Waals surface area (Å²) in [4.78, 5) is 28.5. The van der Waals surface area contributed by atoms with Crippen LogP contribution in [0.5, 0.6) is 5.75 Å². The van der Waals surface area contributed by atoms with Crippen LogP contribution < -0.4 is 14.4 Å². The highest BCUT2D eigenvalue weighted by Crippen LogP contribution is 2.27. The Morgan fingerprint density at radius 2 is 1.44 bits per heavy atom. The molecule has 0 aliphatic carbocycles. The molecule has 39 heavy (non-hydrogen) atoms. The van der Waals surface area contributed by atoms with Gasteiger partial charge in [-0.25, -0.2) is 8.42 Å². The SMILES string of the molecule is CCNC(=O)[C@H](CC)N(Cc1ccc(C)cc1)C(=O)CN(c1ccc(OC)cc1)S(=O)(=O)c1ccc(C)cc1. The second-order valence-electron chi connectivity index (χ2n) is 9.35. The molecule has 3 aromatic rings. The van der Waals surface area contributed by atoms with Crippen LogP contribution in [-0.2, 0) is 26.2 Å². The average molecular weight is 552 g/mol. The van der Waals surface area contributed by atoms with Gasteiger partial charge in [0.2, 0.25) is 11.8 Å². The molecule has 0 heterocycles. The first kappa shape index (κ1) is 29.7. The Morgan fingerprint density at radius 3 is 1.95 bits per heavy atom. The molecule has 3 rings (SSSR count). The molecule has 8 nitrogen and oxygen atoms in total. The molecular weight excluding hydrogens is 514 g/mol. The second-order valence-corrected chi connectivity index (χ2v) is 11.2. The Morgan fingerprint density at radius 1 is 0.872 bits per heavy atom. The predicted molar refractivity (Wildman–Crippen MR) is 153 cm³/mol. The number of nitrogens with one attached hydrogen (secondary N) is 1. The van der Waals surface area contributed by atoms with Crippen molar-refractivity contribution in [2.45, 2.75) is 51.6 Å². The number of hydrogen-bond acceptors (Lipinski definition) is 5. The number of carbonyl (C=O) groups excluding carboxylic acids is 2. The minimum atomic E-state index is -4.12. The summed E-state index contributed by atoms with van der Waals surface area (Å²) < 4.78 is 34.1. The summed E-state index contributed by atoms with van der Waals surface area (Å²) in [7, 11) is -2.59. The number of sulfonamides is 1. The Labute approximate surface area is 231 Å². The average Bonchev–Trinajstić information content (AvgIpc) is 2.93. The maximum atomic E-state index is 14.0. The van der Waals surface area contributed by atoms with Crippen LogP contribution in [0.4, 0.5) is 5.69 Å². The normalized spacial score (nSPS) is 11.9. The summed E-state index contributed by atoms with van der Waals surface area (Å²) >= 11 is 0. The number of benzene rings is 3. The van der Waals surface area contributed by atoms with Gasteiger partial charge in [-0.05, 0) is 69.2 Å². The van der Waals surface area contributed by atoms with Gasteiger partial charge < -0.3 is 15.0 Å². The van der Waals surface area contributed by atoms with Crippen LogP contribution in [0, 0.1) is 13.8 Å². The molecule has 9 heteroatoms. The molecule has 0 bridgehead atoms. The minimum absolute atomic E-state index is 0.0672. The van der Waals surface area contributed by atoms with Crippen molar-refractivity contribution >= 4 is 27.5 Å². The Kier molecular flexibility index (Phi) is 10.1. The number of likely N-dealkylation sites (N-methyl/N-ethyl adjacent to an activating group) is 1. The third-order valence-electron chi connectivity index (χ3n) is 6.46. The molecule has 0 aromatic heterocycles. The predicted octanol–water partition coefficient (Wildman–Crippen LogP) is 4.45. The lowest BCUT2D eigenvalue weighted by atomic mass is 10.1. The molecule has 208 valence electrons. The topological polar surface area (TPSA) is 96.0 Å². The molecule has 3 aromatic carbocycles. The van der Waals surface area contributed by atoms with Crippen LogP contribution in [-0.4, -0.2) is 51.4 Å². The fourth-order valence-electron chi connectivity index (χ4n) is 4.22. The van der Waals surface area contributed by atoms with Crippen LogP contribution in [0.1, 0.15) is 37.0 Å². The maximum Gasteiger partial charge on any atom is 0.264 e. The molecule has 0 spiro atoms. The summed E-state index contributed by atoms with van der Waals surface area (Å²) in [5.74, 6) is -0.209. The lowest BCUT2D eigenvalue weighted by Crippen LogP contribution is -2.52. The van der Waals surface area contributed by atoms with Gasteiger partial charge in [-0.1, -0.05) is 54.4 Å². The van der Waals surface area contributed by atoms with E-state index in [2.05, 4.69) is 5.32 Å². The number of nitrogens with zero attached hydrogens (tertiary/aromatic N) is 2. The summed E-state index contributed by atoms with van der Waals surface area (Å²) in [6.07, 6.45) is 0.372. The van der Waals surface area contributed by atoms with Gasteiger partial charge in [0, 0.05) is 13.1 Å². The van der Waals surface area contributed by atoms with Gasteiger partial charge in [-0.15, -0.1) is 0 Å². The van der Waals surface area contributed by atoms with Crippen LogP contribution in [0.2, 0.25) is 0 Å². The van der Waals surface area contributed by atoms with Crippen molar-refractivity contribution in [2.24, 2.45) is 0 Å². The summed E-state index contributed by atoms with van der Waals surface area (Å²) in [5, 5.41) is 2.81. The maximum absolute atomic E-state index is 14.0. The van der Waals surface area contributed by atoms with E-state index in [4.69, 9.17) is 4.74 Å². The van der Waals surface area contributed by atoms with E-state index in [0.717, 1.165) is 21.0 Å². The zero-order valence-corrected chi connectivity index (χ0v) is 24.0. The largest absolute Gasteiger partial charge is 0.497 e. The molecule has 0 saturated heterocycles. The number of anilines is 1. The van der Waals surface area contributed by atoms with E-state index in [1.807, 2.05) is 52.0 Å². The summed E-state index contributed by atoms with van der Waals surface area (Å²) in [6, 6.07) is 19.9. The van der Waals surface area contributed by atoms with Crippen LogP contribution in [0.25, 0.3) is 0 Å². The molecule has 0 saturated carbocycles. The molecule has 0 fully saturated rings. The van der Waals surface area contributed by atoms with Crippen molar-refractivity contribution in [3.63, 3.8) is 0 Å². The van der Waals surface area contributed by atoms with Gasteiger partial charge in [-0.2, -0.15) is 0 Å². The number of hydrogen-bond donors (Lipinski definition) is 1. The Bertz CT molecular complexity index is 1360. The minimum Gasteiger partial charge on any atom is -0.497 e. The third-order valence-corrected chi connectivity index (χ3v) is 8.25. The van der Waals surface area contributed by atoms with Crippen LogP contribution >= 0.6 is 0 Å². The smallest absolute Gasteiger partial charge is 0.264 e. The van der Waals surface area contributed by atoms with E-state index >= 15 is 0 Å². The van der Waals surface area contributed by atoms with E-state index in [1.54, 1.807) is 36.4 Å². The third kappa shape index (κ3) is 7.38. The molecule has 1 atom stereocenters. The zero-order chi connectivity index (χ0) is 28.6. The summed E-state index contributed by atoms with van der Waals surface area (Å²) in [5.41, 5.74) is 3.14. The second kappa shape index (κ2) is 13.3. The van der Waals surface area contributed by atoms with Gasteiger partial charge >= 0.3 is 0 Å². The van der Waals surface area contributed by atoms with Crippen molar-refractivity contribution in [2.75, 3.05) is 24.5 Å². The number of rotatable bonds is 12. The van der Waals surface area contributed by atoms with Gasteiger partial charge in [-0.3, -0.25) is 13.9 Å². The van der Waals surface area contributed by atoms with Crippen molar-refractivity contribution in [1.82, 2.24) is 10.2 Å². The van der Waals surface area contributed by atoms with Gasteiger partial charge in [0.25, 0.3) is 10.0 Å². The standard InChI is InChI=1S/C30H37N3O5S/c1-6-28(30(35)31-7-2)32(20-24-12-8-22(3)9-13-24)29(34)21-33(25-14-16-26(38-5)17-15-25)39(36,37)27-18-10-23(4)11-19-27/h8-19,28H,6-7,20-21H2,1-5H3,(H,31,35)/t28-/m0/s1. The monoisotopic (exact) mass is 551 g/mol. The number of amides is 2. The van der Waals surface area contributed by atoms with Crippen LogP contribution in [0.15, 0.2) is 77.7 Å². The van der Waals surface area contributed by atoms with Crippen molar-refractivity contribution in [3.05, 3.63) is 89.5 Å². The molecular formula is C30H37N3O5S. The van der Waals surface area contributed by atoms with Crippen LogP contribution in [0.3, 0.4) is 0 Å². The molecule has 0 aliphatic rings. The Balaban J connectivity index is 2.05. The van der Waals surface area contributed by atoms with Crippen molar-refractivity contribution in [1.29, 1.82) is 0 Å². The van der Waals surface area contributed by atoms with E-state index in [1.165, 1.54) is 24.1 Å². The number of ether oxygens (including phenoxy) is 1. The molecule has 0 unspecified atom stereocenters. The lowest BCUT2D eigenvalue weighted by Gasteiger charge is -2.33. The van der Waals surface area contributed by atoms with Crippen molar-refractivity contribution < 1.29 is 22.7 Å². The van der Waals surface area contributed by atoms with E-state index in [0.29, 0.717) is 24.4 Å². The molecule has 2 amide bonds. The highest BCUT2D eigenvalue weighted by Gasteiger charge is 2.33. The first-order valence-electron chi connectivity index (χ1n) is 13.0. The highest BCUT2D eigenvalue weighted by atomic mass is 32.2. The van der Waals surface area contributed by atoms with Gasteiger partial charge in [0.05, 0.1) is 17.7 Å². The molecule has 1 N–H and O–H groups in total. The molecule has 0 aliphatic heterocycles. The first-order chi connectivity index (χ1) is 18.6. The van der Waals surface area contributed by atoms with E-state index in [9.17, 15) is 18.0 Å². The number of carbonyl (C=O) groups is 2. The molecule has 0 radical (unpaired) electrons. The zero-order valence-electron chi connectivity index (χ0n) is 23.2. The highest BCUT2D eigenvalue weighted by molar-refractivity contribution is 7.92.